The van der Waals surface area contributed by atoms with Gasteiger partial charge in [-0.25, -0.2) is 9.18 Å². The van der Waals surface area contributed by atoms with Gasteiger partial charge in [0.1, 0.15) is 18.2 Å². The van der Waals surface area contributed by atoms with E-state index in [0.29, 0.717) is 33.8 Å². The molecule has 0 saturated heterocycles. The summed E-state index contributed by atoms with van der Waals surface area (Å²) in [6, 6.07) is 19.4. The number of aliphatic hydroxyl groups is 1. The van der Waals surface area contributed by atoms with Crippen LogP contribution in [0.25, 0.3) is 0 Å². The number of oxime groups is 1. The normalized spacial score (nSPS) is 14.9. The largest absolute Gasteiger partial charge is 0.457 e. The van der Waals surface area contributed by atoms with Gasteiger partial charge in [0.25, 0.3) is 0 Å². The van der Waals surface area contributed by atoms with E-state index in [1.165, 1.54) is 19.9 Å². The lowest BCUT2D eigenvalue weighted by Gasteiger charge is -2.15. The predicted molar refractivity (Wildman–Crippen MR) is 128 cm³/mol. The molecule has 1 atom stereocenters. The summed E-state index contributed by atoms with van der Waals surface area (Å²) in [5.74, 6) is -0.805. The van der Waals surface area contributed by atoms with Crippen LogP contribution in [0.3, 0.4) is 0 Å². The average molecular weight is 493 g/mol. The maximum atomic E-state index is 14.0. The number of benzene rings is 3. The third kappa shape index (κ3) is 6.45. The molecule has 1 aliphatic heterocycles. The first-order valence-corrected chi connectivity index (χ1v) is 11.2. The number of amidine groups is 1. The summed E-state index contributed by atoms with van der Waals surface area (Å²) in [6.07, 6.45) is -0.905. The molecule has 2 N–H and O–H groups in total. The zero-order valence-electron chi connectivity index (χ0n) is 19.7. The quantitative estimate of drug-likeness (QED) is 0.358. The minimum absolute atomic E-state index is 0.0125. The summed E-state index contributed by atoms with van der Waals surface area (Å²) < 4.78 is 24.6. The van der Waals surface area contributed by atoms with E-state index in [1.807, 2.05) is 0 Å². The molecule has 0 fully saturated rings. The lowest BCUT2D eigenvalue weighted by atomic mass is 10.1. The maximum absolute atomic E-state index is 14.0. The smallest absolute Gasteiger partial charge is 0.338 e. The molecule has 3 aromatic rings. The number of nitrogens with zero attached hydrogens (tertiary/aromatic N) is 1. The molecule has 4 rings (SSSR count). The van der Waals surface area contributed by atoms with Gasteiger partial charge in [0.15, 0.2) is 5.84 Å². The first-order chi connectivity index (χ1) is 17.2. The van der Waals surface area contributed by atoms with Crippen LogP contribution in [0, 0.1) is 5.82 Å². The number of esters is 2. The Labute approximate surface area is 207 Å². The number of carbonyl (C=O) groups is 2. The van der Waals surface area contributed by atoms with Crippen molar-refractivity contribution in [2.24, 2.45) is 5.16 Å². The van der Waals surface area contributed by atoms with Crippen molar-refractivity contribution < 1.29 is 33.4 Å². The van der Waals surface area contributed by atoms with E-state index < -0.39 is 29.6 Å². The van der Waals surface area contributed by atoms with Crippen molar-refractivity contribution in [2.75, 3.05) is 0 Å². The third-order valence-corrected chi connectivity index (χ3v) is 5.18. The Morgan fingerprint density at radius 3 is 2.56 bits per heavy atom. The monoisotopic (exact) mass is 492 g/mol. The number of halogens is 1. The Hall–Kier alpha value is -4.24. The van der Waals surface area contributed by atoms with Crippen molar-refractivity contribution in [2.45, 2.75) is 38.7 Å². The van der Waals surface area contributed by atoms with Crippen LogP contribution in [-0.2, 0) is 21.0 Å². The number of carbonyl (C=O) groups excluding carboxylic acids is 2. The van der Waals surface area contributed by atoms with Crippen LogP contribution in [0.2, 0.25) is 0 Å². The Kier molecular flexibility index (Phi) is 7.30. The molecule has 3 aromatic carbocycles. The highest BCUT2D eigenvalue weighted by Gasteiger charge is 2.25. The maximum Gasteiger partial charge on any atom is 0.338 e. The molecule has 1 heterocycles. The van der Waals surface area contributed by atoms with Gasteiger partial charge in [-0.1, -0.05) is 47.6 Å². The van der Waals surface area contributed by atoms with Gasteiger partial charge in [0.05, 0.1) is 23.1 Å². The molecule has 9 heteroatoms. The lowest BCUT2D eigenvalue weighted by Crippen LogP contribution is -2.25. The summed E-state index contributed by atoms with van der Waals surface area (Å²) in [5, 5.41) is 16.7. The molecular weight excluding hydrogens is 467 g/mol. The van der Waals surface area contributed by atoms with E-state index in [4.69, 9.17) is 14.3 Å². The first kappa shape index (κ1) is 24.9. The fourth-order valence-electron chi connectivity index (χ4n) is 3.44. The highest BCUT2D eigenvalue weighted by Crippen LogP contribution is 2.24. The Morgan fingerprint density at radius 2 is 1.83 bits per heavy atom. The minimum Gasteiger partial charge on any atom is -0.457 e. The Morgan fingerprint density at radius 1 is 1.08 bits per heavy atom. The highest BCUT2D eigenvalue weighted by atomic mass is 19.1. The van der Waals surface area contributed by atoms with Crippen LogP contribution in [-0.4, -0.2) is 28.5 Å². The summed E-state index contributed by atoms with van der Waals surface area (Å²) >= 11 is 0. The topological polar surface area (TPSA) is 106 Å². The number of rotatable bonds is 8. The van der Waals surface area contributed by atoms with E-state index in [0.717, 1.165) is 0 Å². The predicted octanol–water partition coefficient (Wildman–Crippen LogP) is 4.23. The van der Waals surface area contributed by atoms with Crippen molar-refractivity contribution in [1.82, 2.24) is 5.32 Å². The molecule has 0 aliphatic carbocycles. The number of nitrogens with one attached hydrogen (secondary N) is 1. The lowest BCUT2D eigenvalue weighted by molar-refractivity contribution is -0.138. The van der Waals surface area contributed by atoms with Gasteiger partial charge in [-0.05, 0) is 49.7 Å². The number of hydrogen-bond donors (Lipinski definition) is 2. The second-order valence-electron chi connectivity index (χ2n) is 8.86. The molecule has 186 valence electrons. The fraction of sp³-hybridized carbons (Fsp3) is 0.222. The highest BCUT2D eigenvalue weighted by molar-refractivity contribution is 6.01. The van der Waals surface area contributed by atoms with Crippen LogP contribution in [0.1, 0.15) is 53.5 Å². The summed E-state index contributed by atoms with van der Waals surface area (Å²) in [6.45, 7) is 3.06. The molecular formula is C27H25FN2O6. The van der Waals surface area contributed by atoms with E-state index in [9.17, 15) is 19.1 Å². The number of ether oxygens (including phenoxy) is 2. The number of hydrogen-bond acceptors (Lipinski definition) is 8. The molecule has 8 nitrogen and oxygen atoms in total. The van der Waals surface area contributed by atoms with Crippen LogP contribution >= 0.6 is 0 Å². The minimum atomic E-state index is -1.16. The van der Waals surface area contributed by atoms with Gasteiger partial charge in [0, 0.05) is 5.56 Å². The van der Waals surface area contributed by atoms with E-state index in [1.54, 1.807) is 66.7 Å². The molecule has 0 radical (unpaired) electrons. The van der Waals surface area contributed by atoms with Gasteiger partial charge >= 0.3 is 11.9 Å². The average Bonchev–Trinajstić information content (AvgIpc) is 3.33. The molecule has 1 unspecified atom stereocenters. The zero-order chi connectivity index (χ0) is 25.7. The second kappa shape index (κ2) is 10.6. The van der Waals surface area contributed by atoms with E-state index in [-0.39, 0.29) is 13.0 Å². The summed E-state index contributed by atoms with van der Waals surface area (Å²) in [4.78, 5) is 29.8. The van der Waals surface area contributed by atoms with Gasteiger partial charge in [0.2, 0.25) is 6.23 Å². The molecule has 0 amide bonds. The molecule has 0 spiro atoms. The van der Waals surface area contributed by atoms with Crippen LogP contribution in [0.4, 0.5) is 4.39 Å². The summed E-state index contributed by atoms with van der Waals surface area (Å²) in [5.41, 5.74) is 0.760. The van der Waals surface area contributed by atoms with Crippen molar-refractivity contribution in [3.63, 3.8) is 0 Å². The third-order valence-electron chi connectivity index (χ3n) is 5.18. The van der Waals surface area contributed by atoms with Crippen LogP contribution in [0.5, 0.6) is 5.75 Å². The zero-order valence-corrected chi connectivity index (χ0v) is 19.7. The van der Waals surface area contributed by atoms with Gasteiger partial charge < -0.3 is 24.7 Å². The van der Waals surface area contributed by atoms with Crippen molar-refractivity contribution in [3.05, 3.63) is 101 Å². The molecule has 1 aliphatic rings. The van der Waals surface area contributed by atoms with Crippen LogP contribution in [0.15, 0.2) is 78.0 Å². The fourth-order valence-corrected chi connectivity index (χ4v) is 3.44. The van der Waals surface area contributed by atoms with Gasteiger partial charge in [-0.15, -0.1) is 0 Å². The molecule has 36 heavy (non-hydrogen) atoms. The van der Waals surface area contributed by atoms with Crippen molar-refractivity contribution >= 4 is 17.8 Å². The standard InChI is InChI=1S/C27H25FN2O6/c1-27(2,33)15-23(31)35-20-12-10-17(11-13-20)16-34-26(32)19-7-5-6-18(14-19)24-29-25(36-30-24)21-8-3-4-9-22(21)28/h3-14,25,33H,15-16H2,1-2H3,(H,29,30). The van der Waals surface area contributed by atoms with Crippen LogP contribution < -0.4 is 10.1 Å². The van der Waals surface area contributed by atoms with Gasteiger partial charge in [-0.3, -0.25) is 4.79 Å². The molecule has 0 aromatic heterocycles. The van der Waals surface area contributed by atoms with Crippen molar-refractivity contribution in [3.8, 4) is 5.75 Å². The Balaban J connectivity index is 1.32. The Bertz CT molecular complexity index is 1280. The van der Waals surface area contributed by atoms with E-state index in [2.05, 4.69) is 10.5 Å². The van der Waals surface area contributed by atoms with Crippen molar-refractivity contribution in [1.29, 1.82) is 0 Å². The SMILES string of the molecule is CC(C)(O)CC(=O)Oc1ccc(COC(=O)c2cccc(C3=NOC(c4ccccc4F)N3)c2)cc1. The second-order valence-corrected chi connectivity index (χ2v) is 8.86. The van der Waals surface area contributed by atoms with E-state index >= 15 is 0 Å². The molecule has 0 saturated carbocycles. The van der Waals surface area contributed by atoms with Gasteiger partial charge in [-0.2, -0.15) is 0 Å². The molecule has 0 bridgehead atoms. The summed E-state index contributed by atoms with van der Waals surface area (Å²) in [7, 11) is 0. The first-order valence-electron chi connectivity index (χ1n) is 11.2.